The number of ether oxygens (including phenoxy) is 1. The molecule has 0 spiro atoms. The number of halogens is 3. The molecular weight excluding hydrogens is 295 g/mol. The molecule has 0 radical (unpaired) electrons. The second-order valence-corrected chi connectivity index (χ2v) is 3.59. The molecule has 0 bridgehead atoms. The van der Waals surface area contributed by atoms with Crippen LogP contribution in [0.3, 0.4) is 0 Å². The lowest BCUT2D eigenvalue weighted by molar-refractivity contribution is -0.159. The number of benzene rings is 1. The number of hydrogen-bond donors (Lipinski definition) is 3. The van der Waals surface area contributed by atoms with Crippen molar-refractivity contribution in [1.82, 2.24) is 5.32 Å². The van der Waals surface area contributed by atoms with Gasteiger partial charge < -0.3 is 20.3 Å². The van der Waals surface area contributed by atoms with E-state index in [1.165, 1.54) is 12.1 Å². The van der Waals surface area contributed by atoms with Crippen molar-refractivity contribution < 1.29 is 37.7 Å². The predicted molar refractivity (Wildman–Crippen MR) is 66.1 cm³/mol. The molecule has 0 amide bonds. The first-order chi connectivity index (χ1) is 9.68. The van der Waals surface area contributed by atoms with E-state index >= 15 is 0 Å². The number of likely N-dealkylation sites (N-methyl/N-ethyl adjacent to an activating group) is 1. The summed E-state index contributed by atoms with van der Waals surface area (Å²) in [6.45, 7) is 0.939. The lowest BCUT2D eigenvalue weighted by Crippen LogP contribution is -2.16. The van der Waals surface area contributed by atoms with Crippen molar-refractivity contribution in [1.29, 1.82) is 0 Å². The molecule has 0 aromatic heterocycles. The van der Waals surface area contributed by atoms with Crippen LogP contribution in [0.15, 0.2) is 24.3 Å². The number of carboxylic acids is 2. The van der Waals surface area contributed by atoms with Crippen LogP contribution in [0.5, 0.6) is 5.75 Å². The molecule has 0 aliphatic rings. The SMILES string of the molecule is CNCCOc1cccc(C(F)(F)F)c1.O=C(O)C(=O)O. The summed E-state index contributed by atoms with van der Waals surface area (Å²) in [6.07, 6.45) is -4.32. The van der Waals surface area contributed by atoms with Crippen LogP contribution in [0, 0.1) is 0 Å². The molecule has 1 rings (SSSR count). The summed E-state index contributed by atoms with van der Waals surface area (Å²) in [5, 5.41) is 17.6. The van der Waals surface area contributed by atoms with Crippen LogP contribution in [0.25, 0.3) is 0 Å². The number of carboxylic acid groups (broad SMARTS) is 2. The molecule has 118 valence electrons. The largest absolute Gasteiger partial charge is 0.492 e. The van der Waals surface area contributed by atoms with Gasteiger partial charge in [0.15, 0.2) is 0 Å². The third-order valence-electron chi connectivity index (χ3n) is 1.97. The van der Waals surface area contributed by atoms with Gasteiger partial charge in [-0.05, 0) is 25.2 Å². The average Bonchev–Trinajstić information content (AvgIpc) is 2.39. The van der Waals surface area contributed by atoms with Crippen LogP contribution in [0.2, 0.25) is 0 Å². The monoisotopic (exact) mass is 309 g/mol. The highest BCUT2D eigenvalue weighted by molar-refractivity contribution is 6.27. The Morgan fingerprint density at radius 3 is 2.24 bits per heavy atom. The third-order valence-corrected chi connectivity index (χ3v) is 1.97. The molecule has 0 aliphatic heterocycles. The van der Waals surface area contributed by atoms with Gasteiger partial charge in [-0.25, -0.2) is 9.59 Å². The molecule has 0 aliphatic carbocycles. The van der Waals surface area contributed by atoms with Crippen molar-refractivity contribution in [2.45, 2.75) is 6.18 Å². The van der Waals surface area contributed by atoms with Gasteiger partial charge in [-0.3, -0.25) is 0 Å². The van der Waals surface area contributed by atoms with Crippen molar-refractivity contribution in [3.05, 3.63) is 29.8 Å². The fourth-order valence-corrected chi connectivity index (χ4v) is 1.03. The van der Waals surface area contributed by atoms with E-state index in [0.717, 1.165) is 12.1 Å². The first-order valence-corrected chi connectivity index (χ1v) is 5.59. The first kappa shape index (κ1) is 18.7. The van der Waals surface area contributed by atoms with Crippen molar-refractivity contribution >= 4 is 11.9 Å². The van der Waals surface area contributed by atoms with Crippen LogP contribution in [-0.2, 0) is 15.8 Å². The Labute approximate surface area is 118 Å². The molecular formula is C12H14F3NO5. The van der Waals surface area contributed by atoms with Gasteiger partial charge in [0.05, 0.1) is 5.56 Å². The Kier molecular flexibility index (Phi) is 7.84. The predicted octanol–water partition coefficient (Wildman–Crippen LogP) is 1.46. The van der Waals surface area contributed by atoms with Crippen molar-refractivity contribution in [3.63, 3.8) is 0 Å². The van der Waals surface area contributed by atoms with Gasteiger partial charge in [-0.1, -0.05) is 6.07 Å². The zero-order valence-corrected chi connectivity index (χ0v) is 11.0. The van der Waals surface area contributed by atoms with Gasteiger partial charge in [0.25, 0.3) is 0 Å². The minimum atomic E-state index is -4.32. The van der Waals surface area contributed by atoms with Crippen LogP contribution in [-0.4, -0.2) is 42.4 Å². The van der Waals surface area contributed by atoms with Crippen LogP contribution in [0.1, 0.15) is 5.56 Å². The maximum atomic E-state index is 12.3. The number of hydrogen-bond acceptors (Lipinski definition) is 4. The molecule has 0 heterocycles. The fraction of sp³-hybridized carbons (Fsp3) is 0.333. The van der Waals surface area contributed by atoms with Gasteiger partial charge in [-0.15, -0.1) is 0 Å². The average molecular weight is 309 g/mol. The van der Waals surface area contributed by atoms with Crippen LogP contribution in [0.4, 0.5) is 13.2 Å². The van der Waals surface area contributed by atoms with Crippen molar-refractivity contribution in [2.75, 3.05) is 20.2 Å². The standard InChI is InChI=1S/C10H12F3NO.C2H2O4/c1-14-5-6-15-9-4-2-3-8(7-9)10(11,12)13;3-1(4)2(5)6/h2-4,7,14H,5-6H2,1H3;(H,3,4)(H,5,6). The number of alkyl halides is 3. The smallest absolute Gasteiger partial charge is 0.416 e. The Morgan fingerprint density at radius 1 is 1.24 bits per heavy atom. The number of carbonyl (C=O) groups is 2. The zero-order chi connectivity index (χ0) is 16.5. The second kappa shape index (κ2) is 8.80. The van der Waals surface area contributed by atoms with E-state index in [-0.39, 0.29) is 5.75 Å². The Balaban J connectivity index is 0.000000567. The van der Waals surface area contributed by atoms with E-state index in [9.17, 15) is 13.2 Å². The fourth-order valence-electron chi connectivity index (χ4n) is 1.03. The molecule has 0 saturated heterocycles. The van der Waals surface area contributed by atoms with Gasteiger partial charge in [-0.2, -0.15) is 13.2 Å². The van der Waals surface area contributed by atoms with Crippen LogP contribution < -0.4 is 10.1 Å². The van der Waals surface area contributed by atoms with E-state index in [0.29, 0.717) is 13.2 Å². The topological polar surface area (TPSA) is 95.9 Å². The summed E-state index contributed by atoms with van der Waals surface area (Å²) in [5.41, 5.74) is -0.690. The zero-order valence-electron chi connectivity index (χ0n) is 11.0. The minimum absolute atomic E-state index is 0.236. The lowest BCUT2D eigenvalue weighted by atomic mass is 10.2. The first-order valence-electron chi connectivity index (χ1n) is 5.59. The molecule has 0 atom stereocenters. The van der Waals surface area contributed by atoms with E-state index < -0.39 is 23.7 Å². The molecule has 1 aromatic rings. The summed E-state index contributed by atoms with van der Waals surface area (Å²) < 4.78 is 42.0. The molecule has 21 heavy (non-hydrogen) atoms. The molecule has 6 nitrogen and oxygen atoms in total. The number of aliphatic carboxylic acids is 2. The van der Waals surface area contributed by atoms with Crippen molar-refractivity contribution in [2.24, 2.45) is 0 Å². The van der Waals surface area contributed by atoms with E-state index in [2.05, 4.69) is 5.32 Å². The van der Waals surface area contributed by atoms with Gasteiger partial charge in [0, 0.05) is 6.54 Å². The quantitative estimate of drug-likeness (QED) is 0.575. The third kappa shape index (κ3) is 8.47. The second-order valence-electron chi connectivity index (χ2n) is 3.59. The van der Waals surface area contributed by atoms with E-state index in [4.69, 9.17) is 24.5 Å². The van der Waals surface area contributed by atoms with Crippen LogP contribution >= 0.6 is 0 Å². The molecule has 1 aromatic carbocycles. The highest BCUT2D eigenvalue weighted by Gasteiger charge is 2.30. The Hall–Kier alpha value is -2.29. The summed E-state index contributed by atoms with van der Waals surface area (Å²) in [6, 6.07) is 4.85. The minimum Gasteiger partial charge on any atom is -0.492 e. The summed E-state index contributed by atoms with van der Waals surface area (Å²) in [5.74, 6) is -3.41. The highest BCUT2D eigenvalue weighted by Crippen LogP contribution is 2.31. The number of nitrogens with one attached hydrogen (secondary N) is 1. The molecule has 0 fully saturated rings. The van der Waals surface area contributed by atoms with Crippen molar-refractivity contribution in [3.8, 4) is 5.75 Å². The highest BCUT2D eigenvalue weighted by atomic mass is 19.4. The molecule has 3 N–H and O–H groups in total. The van der Waals surface area contributed by atoms with Gasteiger partial charge in [0.1, 0.15) is 12.4 Å². The molecule has 0 unspecified atom stereocenters. The van der Waals surface area contributed by atoms with E-state index in [1.807, 2.05) is 0 Å². The Morgan fingerprint density at radius 2 is 1.81 bits per heavy atom. The maximum absolute atomic E-state index is 12.3. The lowest BCUT2D eigenvalue weighted by Gasteiger charge is -2.09. The van der Waals surface area contributed by atoms with E-state index in [1.54, 1.807) is 7.05 Å². The van der Waals surface area contributed by atoms with Gasteiger partial charge in [0.2, 0.25) is 0 Å². The molecule has 9 heteroatoms. The molecule has 0 saturated carbocycles. The van der Waals surface area contributed by atoms with Gasteiger partial charge >= 0.3 is 18.1 Å². The maximum Gasteiger partial charge on any atom is 0.416 e. The summed E-state index contributed by atoms with van der Waals surface area (Å²) >= 11 is 0. The normalized spacial score (nSPS) is 10.3. The number of rotatable bonds is 4. The summed E-state index contributed by atoms with van der Waals surface area (Å²) in [7, 11) is 1.75. The Bertz CT molecular complexity index is 464. The summed E-state index contributed by atoms with van der Waals surface area (Å²) in [4.78, 5) is 18.2.